The van der Waals surface area contributed by atoms with Crippen LogP contribution in [0.1, 0.15) is 284 Å². The molecule has 0 aliphatic rings. The van der Waals surface area contributed by atoms with E-state index in [0.29, 0.717) is 19.3 Å². The molecule has 0 aromatic heterocycles. The van der Waals surface area contributed by atoms with E-state index in [0.717, 1.165) is 103 Å². The molecule has 1 unspecified atom stereocenters. The highest BCUT2D eigenvalue weighted by Crippen LogP contribution is 2.16. The fourth-order valence-corrected chi connectivity index (χ4v) is 8.15. The van der Waals surface area contributed by atoms with Crippen LogP contribution < -0.4 is 0 Å². The van der Waals surface area contributed by atoms with Gasteiger partial charge in [-0.05, 0) is 70.6 Å². The average Bonchev–Trinajstić information content (AvgIpc) is 3.34. The number of unbranched alkanes of at least 4 members (excludes halogenated alkanes) is 29. The van der Waals surface area contributed by atoms with E-state index in [1.807, 2.05) is 0 Å². The Morgan fingerprint density at radius 3 is 0.897 bits per heavy atom. The van der Waals surface area contributed by atoms with Crippen LogP contribution in [0.15, 0.2) is 72.9 Å². The first-order valence-corrected chi connectivity index (χ1v) is 28.9. The summed E-state index contributed by atoms with van der Waals surface area (Å²) in [5.41, 5.74) is 0. The first kappa shape index (κ1) is 64.8. The number of carbonyl (C=O) groups is 3. The zero-order valence-corrected chi connectivity index (χ0v) is 44.9. The molecule has 1 atom stereocenters. The number of esters is 3. The van der Waals surface area contributed by atoms with E-state index in [-0.39, 0.29) is 31.1 Å². The van der Waals surface area contributed by atoms with E-state index >= 15 is 0 Å². The summed E-state index contributed by atoms with van der Waals surface area (Å²) < 4.78 is 16.7. The molecule has 0 heterocycles. The van der Waals surface area contributed by atoms with Crippen LogP contribution in [0, 0.1) is 0 Å². The maximum atomic E-state index is 12.7. The lowest BCUT2D eigenvalue weighted by Gasteiger charge is -2.18. The average molecular weight is 950 g/mol. The van der Waals surface area contributed by atoms with Crippen LogP contribution in [0.4, 0.5) is 0 Å². The zero-order chi connectivity index (χ0) is 49.3. The fraction of sp³-hybridized carbons (Fsp3) is 0.758. The van der Waals surface area contributed by atoms with Gasteiger partial charge in [-0.1, -0.05) is 267 Å². The third kappa shape index (κ3) is 53.8. The van der Waals surface area contributed by atoms with Crippen molar-refractivity contribution in [3.05, 3.63) is 72.9 Å². The molecule has 0 rings (SSSR count). The van der Waals surface area contributed by atoms with Crippen molar-refractivity contribution >= 4 is 17.9 Å². The number of ether oxygens (including phenoxy) is 3. The van der Waals surface area contributed by atoms with Gasteiger partial charge in [-0.25, -0.2) is 0 Å². The van der Waals surface area contributed by atoms with E-state index in [2.05, 4.69) is 93.7 Å². The van der Waals surface area contributed by atoms with E-state index in [9.17, 15) is 14.4 Å². The molecular formula is C62H108O6. The van der Waals surface area contributed by atoms with Gasteiger partial charge in [0, 0.05) is 19.3 Å². The summed E-state index contributed by atoms with van der Waals surface area (Å²) in [6.45, 7) is 6.45. The monoisotopic (exact) mass is 949 g/mol. The summed E-state index contributed by atoms with van der Waals surface area (Å²) in [5, 5.41) is 0. The standard InChI is InChI=1S/C62H108O6/c1-4-7-10-13-15-17-19-21-22-23-24-25-26-27-28-29-30-31-32-33-34-35-36-37-38-39-40-41-43-44-46-49-52-55-61(64)67-58-59(57-66-60(63)54-51-48-12-9-6-3)68-62(65)56-53-50-47-45-42-20-18-16-14-11-8-5-2/h7,10,15,17,21-22,24-25,27-28,30-31,59H,4-6,8-9,11-14,16,18-20,23,26,29,32-58H2,1-3H3/b10-7-,17-15-,22-21-,25-24-,28-27-,31-30-. The number of rotatable bonds is 52. The number of hydrogen-bond acceptors (Lipinski definition) is 6. The van der Waals surface area contributed by atoms with Crippen LogP contribution >= 0.6 is 0 Å². The highest BCUT2D eigenvalue weighted by molar-refractivity contribution is 5.71. The van der Waals surface area contributed by atoms with Crippen LogP contribution in [-0.2, 0) is 28.6 Å². The maximum Gasteiger partial charge on any atom is 0.306 e. The normalized spacial score (nSPS) is 12.6. The molecule has 0 aliphatic heterocycles. The summed E-state index contributed by atoms with van der Waals surface area (Å²) in [5.74, 6) is -0.878. The lowest BCUT2D eigenvalue weighted by molar-refractivity contribution is -0.167. The molecule has 0 amide bonds. The quantitative estimate of drug-likeness (QED) is 0.0262. The molecule has 6 heteroatoms. The lowest BCUT2D eigenvalue weighted by Crippen LogP contribution is -2.30. The third-order valence-corrected chi connectivity index (χ3v) is 12.5. The van der Waals surface area contributed by atoms with Crippen molar-refractivity contribution in [3.63, 3.8) is 0 Å². The van der Waals surface area contributed by atoms with Gasteiger partial charge < -0.3 is 14.2 Å². The molecule has 0 N–H and O–H groups in total. The SMILES string of the molecule is CC/C=C\C/C=C\C/C=C\C/C=C\C/C=C\C/C=C\CCCCCCCCCCCCCCCCC(=O)OCC(COC(=O)CCCCCCC)OC(=O)CCCCCCCCCCCCCC. The van der Waals surface area contributed by atoms with E-state index in [4.69, 9.17) is 14.2 Å². The highest BCUT2D eigenvalue weighted by atomic mass is 16.6. The molecule has 0 bridgehead atoms. The van der Waals surface area contributed by atoms with Gasteiger partial charge in [-0.3, -0.25) is 14.4 Å². The summed E-state index contributed by atoms with van der Waals surface area (Å²) in [6, 6.07) is 0. The Morgan fingerprint density at radius 1 is 0.309 bits per heavy atom. The Hall–Kier alpha value is -3.15. The largest absolute Gasteiger partial charge is 0.462 e. The Bertz CT molecular complexity index is 1270. The van der Waals surface area contributed by atoms with Crippen molar-refractivity contribution < 1.29 is 28.6 Å². The summed E-state index contributed by atoms with van der Waals surface area (Å²) in [4.78, 5) is 37.7. The Balaban J connectivity index is 3.93. The van der Waals surface area contributed by atoms with Crippen molar-refractivity contribution in [2.75, 3.05) is 13.2 Å². The Labute approximate surface area is 421 Å². The van der Waals surface area contributed by atoms with Crippen molar-refractivity contribution in [2.24, 2.45) is 0 Å². The van der Waals surface area contributed by atoms with Crippen LogP contribution in [-0.4, -0.2) is 37.2 Å². The smallest absolute Gasteiger partial charge is 0.306 e. The maximum absolute atomic E-state index is 12.7. The van der Waals surface area contributed by atoms with Crippen molar-refractivity contribution in [1.29, 1.82) is 0 Å². The van der Waals surface area contributed by atoms with Gasteiger partial charge in [-0.15, -0.1) is 0 Å². The molecule has 0 fully saturated rings. The topological polar surface area (TPSA) is 78.9 Å². The van der Waals surface area contributed by atoms with Crippen molar-refractivity contribution in [2.45, 2.75) is 290 Å². The van der Waals surface area contributed by atoms with E-state index in [1.165, 1.54) is 141 Å². The highest BCUT2D eigenvalue weighted by Gasteiger charge is 2.19. The molecule has 392 valence electrons. The van der Waals surface area contributed by atoms with Gasteiger partial charge in [0.25, 0.3) is 0 Å². The number of hydrogen-bond donors (Lipinski definition) is 0. The predicted octanol–water partition coefficient (Wildman–Crippen LogP) is 19.4. The zero-order valence-electron chi connectivity index (χ0n) is 44.9. The van der Waals surface area contributed by atoms with Crippen molar-refractivity contribution in [1.82, 2.24) is 0 Å². The van der Waals surface area contributed by atoms with Crippen LogP contribution in [0.5, 0.6) is 0 Å². The second-order valence-electron chi connectivity index (χ2n) is 19.2. The van der Waals surface area contributed by atoms with Crippen LogP contribution in [0.25, 0.3) is 0 Å². The fourth-order valence-electron chi connectivity index (χ4n) is 8.15. The van der Waals surface area contributed by atoms with Gasteiger partial charge in [0.2, 0.25) is 0 Å². The minimum Gasteiger partial charge on any atom is -0.462 e. The lowest BCUT2D eigenvalue weighted by atomic mass is 10.0. The second kappa shape index (κ2) is 56.4. The minimum absolute atomic E-state index is 0.0716. The Kier molecular flexibility index (Phi) is 53.8. The molecule has 0 aromatic rings. The summed E-state index contributed by atoms with van der Waals surface area (Å²) in [6.07, 6.45) is 72.4. The Morgan fingerprint density at radius 2 is 0.574 bits per heavy atom. The molecule has 0 aromatic carbocycles. The van der Waals surface area contributed by atoms with Gasteiger partial charge in [-0.2, -0.15) is 0 Å². The first-order valence-electron chi connectivity index (χ1n) is 28.9. The van der Waals surface area contributed by atoms with E-state index in [1.54, 1.807) is 0 Å². The van der Waals surface area contributed by atoms with Gasteiger partial charge >= 0.3 is 17.9 Å². The first-order chi connectivity index (χ1) is 33.5. The molecule has 0 radical (unpaired) electrons. The summed E-state index contributed by atoms with van der Waals surface area (Å²) in [7, 11) is 0. The molecule has 0 saturated heterocycles. The van der Waals surface area contributed by atoms with Gasteiger partial charge in [0.15, 0.2) is 6.10 Å². The molecule has 0 aliphatic carbocycles. The van der Waals surface area contributed by atoms with Gasteiger partial charge in [0.05, 0.1) is 0 Å². The van der Waals surface area contributed by atoms with Crippen molar-refractivity contribution in [3.8, 4) is 0 Å². The van der Waals surface area contributed by atoms with Crippen LogP contribution in [0.2, 0.25) is 0 Å². The molecule has 0 spiro atoms. The van der Waals surface area contributed by atoms with Crippen LogP contribution in [0.3, 0.4) is 0 Å². The number of allylic oxidation sites excluding steroid dienone is 12. The van der Waals surface area contributed by atoms with Gasteiger partial charge in [0.1, 0.15) is 13.2 Å². The van der Waals surface area contributed by atoms with E-state index < -0.39 is 6.10 Å². The molecular weight excluding hydrogens is 841 g/mol. The third-order valence-electron chi connectivity index (χ3n) is 12.5. The number of carbonyl (C=O) groups excluding carboxylic acids is 3. The minimum atomic E-state index is -0.766. The molecule has 6 nitrogen and oxygen atoms in total. The summed E-state index contributed by atoms with van der Waals surface area (Å²) >= 11 is 0. The molecule has 68 heavy (non-hydrogen) atoms. The second-order valence-corrected chi connectivity index (χ2v) is 19.2. The predicted molar refractivity (Wildman–Crippen MR) is 293 cm³/mol. The molecule has 0 saturated carbocycles.